The summed E-state index contributed by atoms with van der Waals surface area (Å²) in [6.45, 7) is 12.4. The average molecular weight is 328 g/mol. The third-order valence-corrected chi connectivity index (χ3v) is 3.71. The summed E-state index contributed by atoms with van der Waals surface area (Å²) in [5, 5.41) is 6.52. The van der Waals surface area contributed by atoms with Crippen LogP contribution in [0.2, 0.25) is 0 Å². The normalized spacial score (nSPS) is 12.3. The van der Waals surface area contributed by atoms with E-state index in [4.69, 9.17) is 4.42 Å². The molecule has 2 rings (SSSR count). The smallest absolute Gasteiger partial charge is 0.213 e. The first-order valence-electron chi connectivity index (χ1n) is 8.42. The van der Waals surface area contributed by atoms with Crippen LogP contribution in [0, 0.1) is 6.92 Å². The van der Waals surface area contributed by atoms with Crippen molar-refractivity contribution in [3.05, 3.63) is 53.2 Å². The molecule has 5 heteroatoms. The molecule has 0 amide bonds. The topological polar surface area (TPSA) is 62.5 Å². The highest BCUT2D eigenvalue weighted by atomic mass is 16.4. The number of aliphatic imine (C=N–C) groups is 1. The Morgan fingerprint density at radius 2 is 1.96 bits per heavy atom. The second-order valence-corrected chi connectivity index (χ2v) is 6.84. The zero-order valence-electron chi connectivity index (χ0n) is 15.3. The predicted molar refractivity (Wildman–Crippen MR) is 98.0 cm³/mol. The van der Waals surface area contributed by atoms with E-state index in [1.807, 2.05) is 19.1 Å². The van der Waals surface area contributed by atoms with Crippen molar-refractivity contribution in [3.8, 4) is 0 Å². The molecule has 0 saturated carbocycles. The summed E-state index contributed by atoms with van der Waals surface area (Å²) < 4.78 is 5.80. The van der Waals surface area contributed by atoms with Crippen LogP contribution in [0.1, 0.15) is 50.5 Å². The van der Waals surface area contributed by atoms with Gasteiger partial charge in [-0.15, -0.1) is 0 Å². The molecule has 0 aliphatic rings. The molecule has 5 nitrogen and oxygen atoms in total. The van der Waals surface area contributed by atoms with Crippen molar-refractivity contribution in [1.29, 1.82) is 0 Å². The van der Waals surface area contributed by atoms with E-state index in [-0.39, 0.29) is 5.41 Å². The number of oxazole rings is 1. The lowest BCUT2D eigenvalue weighted by Gasteiger charge is -2.13. The zero-order chi connectivity index (χ0) is 17.6. The lowest BCUT2D eigenvalue weighted by atomic mass is 9.94. The van der Waals surface area contributed by atoms with E-state index < -0.39 is 0 Å². The van der Waals surface area contributed by atoms with Gasteiger partial charge in [0.1, 0.15) is 5.76 Å². The Bertz CT molecular complexity index is 683. The van der Waals surface area contributed by atoms with Crippen molar-refractivity contribution >= 4 is 5.96 Å². The summed E-state index contributed by atoms with van der Waals surface area (Å²) in [4.78, 5) is 8.98. The quantitative estimate of drug-likeness (QED) is 0.651. The molecule has 0 aliphatic carbocycles. The Morgan fingerprint density at radius 3 is 2.58 bits per heavy atom. The first-order chi connectivity index (χ1) is 11.4. The average Bonchev–Trinajstić information content (AvgIpc) is 3.00. The highest BCUT2D eigenvalue weighted by molar-refractivity contribution is 5.79. The largest absolute Gasteiger partial charge is 0.443 e. The van der Waals surface area contributed by atoms with Gasteiger partial charge in [0.25, 0.3) is 0 Å². The van der Waals surface area contributed by atoms with Crippen LogP contribution in [0.25, 0.3) is 0 Å². The number of aryl methyl sites for hydroxylation is 1. The summed E-state index contributed by atoms with van der Waals surface area (Å²) in [6.07, 6.45) is 1.80. The van der Waals surface area contributed by atoms with Crippen molar-refractivity contribution in [2.24, 2.45) is 4.99 Å². The number of aromatic nitrogens is 1. The Kier molecular flexibility index (Phi) is 6.01. The molecular weight excluding hydrogens is 300 g/mol. The lowest BCUT2D eigenvalue weighted by molar-refractivity contribution is 0.379. The maximum atomic E-state index is 5.80. The van der Waals surface area contributed by atoms with Gasteiger partial charge in [-0.2, -0.15) is 0 Å². The lowest BCUT2D eigenvalue weighted by Crippen LogP contribution is -2.36. The second-order valence-electron chi connectivity index (χ2n) is 6.84. The van der Waals surface area contributed by atoms with E-state index >= 15 is 0 Å². The first-order valence-corrected chi connectivity index (χ1v) is 8.42. The number of nitrogens with zero attached hydrogens (tertiary/aromatic N) is 2. The van der Waals surface area contributed by atoms with Crippen LogP contribution in [0.3, 0.4) is 0 Å². The maximum Gasteiger partial charge on any atom is 0.213 e. The van der Waals surface area contributed by atoms with Crippen LogP contribution < -0.4 is 10.6 Å². The molecular formula is C19H28N4O. The number of guanidine groups is 1. The maximum absolute atomic E-state index is 5.80. The summed E-state index contributed by atoms with van der Waals surface area (Å²) >= 11 is 0. The SMILES string of the molecule is CCNC(=NCc1ccccc1C)NCc1ncc(C(C)(C)C)o1. The molecule has 130 valence electrons. The van der Waals surface area contributed by atoms with Gasteiger partial charge in [-0.25, -0.2) is 9.98 Å². The van der Waals surface area contributed by atoms with Crippen LogP contribution in [-0.4, -0.2) is 17.5 Å². The van der Waals surface area contributed by atoms with Crippen LogP contribution >= 0.6 is 0 Å². The molecule has 0 spiro atoms. The summed E-state index contributed by atoms with van der Waals surface area (Å²) in [5.41, 5.74) is 2.44. The molecule has 2 N–H and O–H groups in total. The molecule has 0 atom stereocenters. The zero-order valence-corrected chi connectivity index (χ0v) is 15.3. The third kappa shape index (κ3) is 5.11. The van der Waals surface area contributed by atoms with E-state index in [9.17, 15) is 0 Å². The molecule has 0 aliphatic heterocycles. The molecule has 1 heterocycles. The number of hydrogen-bond donors (Lipinski definition) is 2. The van der Waals surface area contributed by atoms with Gasteiger partial charge < -0.3 is 15.1 Å². The number of rotatable bonds is 5. The number of hydrogen-bond acceptors (Lipinski definition) is 3. The minimum Gasteiger partial charge on any atom is -0.443 e. The highest BCUT2D eigenvalue weighted by Crippen LogP contribution is 2.22. The fourth-order valence-electron chi connectivity index (χ4n) is 2.19. The van der Waals surface area contributed by atoms with Gasteiger partial charge in [-0.1, -0.05) is 45.0 Å². The van der Waals surface area contributed by atoms with Gasteiger partial charge in [0.2, 0.25) is 5.89 Å². The van der Waals surface area contributed by atoms with E-state index in [0.29, 0.717) is 19.0 Å². The van der Waals surface area contributed by atoms with Gasteiger partial charge in [0.05, 0.1) is 19.3 Å². The second kappa shape index (κ2) is 7.99. The van der Waals surface area contributed by atoms with E-state index in [1.54, 1.807) is 6.20 Å². The van der Waals surface area contributed by atoms with Crippen LogP contribution in [0.4, 0.5) is 0 Å². The standard InChI is InChI=1S/C19H28N4O/c1-6-20-18(22-11-15-10-8-7-9-14(15)2)23-13-17-21-12-16(24-17)19(3,4)5/h7-10,12H,6,11,13H2,1-5H3,(H2,20,22,23). The van der Waals surface area contributed by atoms with Crippen molar-refractivity contribution in [1.82, 2.24) is 15.6 Å². The minimum atomic E-state index is -0.0331. The Labute approximate surface area is 144 Å². The molecule has 2 aromatic rings. The van der Waals surface area contributed by atoms with Crippen molar-refractivity contribution in [3.63, 3.8) is 0 Å². The Balaban J connectivity index is 1.99. The number of benzene rings is 1. The molecule has 0 fully saturated rings. The Hall–Kier alpha value is -2.30. The molecule has 0 unspecified atom stereocenters. The molecule has 1 aromatic heterocycles. The van der Waals surface area contributed by atoms with E-state index in [1.165, 1.54) is 11.1 Å². The van der Waals surface area contributed by atoms with Gasteiger partial charge in [-0.3, -0.25) is 0 Å². The summed E-state index contributed by atoms with van der Waals surface area (Å²) in [5.74, 6) is 2.32. The Morgan fingerprint density at radius 1 is 1.21 bits per heavy atom. The van der Waals surface area contributed by atoms with Crippen molar-refractivity contribution in [2.45, 2.75) is 53.1 Å². The van der Waals surface area contributed by atoms with Crippen LogP contribution in [0.5, 0.6) is 0 Å². The van der Waals surface area contributed by atoms with Crippen LogP contribution in [-0.2, 0) is 18.5 Å². The van der Waals surface area contributed by atoms with Gasteiger partial charge >= 0.3 is 0 Å². The van der Waals surface area contributed by atoms with Crippen molar-refractivity contribution in [2.75, 3.05) is 6.54 Å². The van der Waals surface area contributed by atoms with E-state index in [0.717, 1.165) is 18.3 Å². The highest BCUT2D eigenvalue weighted by Gasteiger charge is 2.19. The van der Waals surface area contributed by atoms with Crippen molar-refractivity contribution < 1.29 is 4.42 Å². The molecule has 24 heavy (non-hydrogen) atoms. The third-order valence-electron chi connectivity index (χ3n) is 3.71. The van der Waals surface area contributed by atoms with Gasteiger partial charge in [0, 0.05) is 12.0 Å². The minimum absolute atomic E-state index is 0.0331. The summed E-state index contributed by atoms with van der Waals surface area (Å²) in [7, 11) is 0. The van der Waals surface area contributed by atoms with Gasteiger partial charge in [-0.05, 0) is 25.0 Å². The monoisotopic (exact) mass is 328 g/mol. The fraction of sp³-hybridized carbons (Fsp3) is 0.474. The molecule has 1 aromatic carbocycles. The van der Waals surface area contributed by atoms with Gasteiger partial charge in [0.15, 0.2) is 5.96 Å². The first kappa shape index (κ1) is 18.0. The van der Waals surface area contributed by atoms with Crippen LogP contribution in [0.15, 0.2) is 39.9 Å². The molecule has 0 bridgehead atoms. The number of nitrogens with one attached hydrogen (secondary N) is 2. The van der Waals surface area contributed by atoms with E-state index in [2.05, 4.69) is 60.4 Å². The summed E-state index contributed by atoms with van der Waals surface area (Å²) in [6, 6.07) is 8.29. The molecule has 0 saturated heterocycles. The fourth-order valence-corrected chi connectivity index (χ4v) is 2.19. The predicted octanol–water partition coefficient (Wildman–Crippen LogP) is 3.54. The molecule has 0 radical (unpaired) electrons.